The van der Waals surface area contributed by atoms with E-state index >= 15 is 4.79 Å². The molecule has 0 aliphatic carbocycles. The number of carbonyl (C=O) groups is 10. The molecule has 5 N–H and O–H groups in total. The molecule has 14 atom stereocenters. The van der Waals surface area contributed by atoms with Crippen molar-refractivity contribution in [2.75, 3.05) is 34.3 Å². The van der Waals surface area contributed by atoms with Crippen LogP contribution >= 0.6 is 0 Å². The van der Waals surface area contributed by atoms with Crippen molar-refractivity contribution in [2.45, 2.75) is 207 Å². The van der Waals surface area contributed by atoms with Crippen molar-refractivity contribution in [3.63, 3.8) is 0 Å². The van der Waals surface area contributed by atoms with Gasteiger partial charge in [-0.25, -0.2) is 4.79 Å². The molecule has 3 aliphatic rings. The van der Waals surface area contributed by atoms with Gasteiger partial charge < -0.3 is 60.0 Å². The van der Waals surface area contributed by atoms with Crippen LogP contribution in [0, 0.1) is 29.6 Å². The van der Waals surface area contributed by atoms with E-state index in [4.69, 9.17) is 14.2 Å². The van der Waals surface area contributed by atoms with Crippen LogP contribution in [0.15, 0.2) is 24.3 Å². The number of aliphatic hydroxyl groups is 2. The van der Waals surface area contributed by atoms with E-state index in [9.17, 15) is 53.4 Å². The Morgan fingerprint density at radius 2 is 1.46 bits per heavy atom. The Hall–Kier alpha value is -6.16. The zero-order chi connectivity index (χ0) is 60.0. The number of carbonyl (C=O) groups excluding carboxylic acids is 10. The Morgan fingerprint density at radius 3 is 2.04 bits per heavy atom. The Bertz CT molecular complexity index is 2350. The number of esters is 2. The number of hydrogen-bond donors (Lipinski definition) is 5. The molecule has 3 aliphatic heterocycles. The first-order valence-electron chi connectivity index (χ1n) is 28.6. The second kappa shape index (κ2) is 30.1. The molecule has 7 amide bonds. The third-order valence-corrected chi connectivity index (χ3v) is 16.0. The van der Waals surface area contributed by atoms with Crippen LogP contribution in [0.25, 0.3) is 0 Å². The van der Waals surface area contributed by atoms with Gasteiger partial charge in [0.05, 0.1) is 31.6 Å². The molecule has 80 heavy (non-hydrogen) atoms. The van der Waals surface area contributed by atoms with Gasteiger partial charge in [-0.15, -0.1) is 0 Å². The maximum absolute atomic E-state index is 15.0. The third-order valence-electron chi connectivity index (χ3n) is 16.0. The summed E-state index contributed by atoms with van der Waals surface area (Å²) in [4.78, 5) is 149. The number of aliphatic hydroxyl groups excluding tert-OH is 2. The van der Waals surface area contributed by atoms with Gasteiger partial charge in [0.1, 0.15) is 54.2 Å². The monoisotopic (exact) mass is 1130 g/mol. The van der Waals surface area contributed by atoms with Gasteiger partial charge in [-0.3, -0.25) is 43.2 Å². The van der Waals surface area contributed by atoms with Gasteiger partial charge in [0.15, 0.2) is 11.9 Å². The maximum atomic E-state index is 15.0. The van der Waals surface area contributed by atoms with E-state index in [-0.39, 0.29) is 57.0 Å². The molecule has 0 unspecified atom stereocenters. The number of likely N-dealkylation sites (tertiary alicyclic amines) is 1. The molecule has 4 rings (SSSR count). The minimum atomic E-state index is -1.76. The standard InChI is InChI=1S/C58H91N7O15/c1-15-33(7)47-45(67)30-46(68)80-50(34(8)16-2)49(69)35(9)51(70)59-40(27-31(3)4)55(74)65-26-18-20-42(65)57(76)63(13)44(29-38-21-23-39(78-14)24-22-38)58(77)79-37(11)48(53(72)60-47)61-52(71)43(28-32(5)6)62(12)56(75)41-19-17-25-64(41)54(73)36(10)66/h21-24,31-37,40-45,47-48,50,66-67H,15-20,25-30H2,1-14H3,(H,59,70)(H,60,72)(H,61,71)/t33-,34+,35-,36-,37+,40-,41-,42-,43+,44-,45-,47+,48-,50-/m0/s1. The number of methoxy groups -OCH3 is 1. The van der Waals surface area contributed by atoms with Crippen LogP contribution in [0.2, 0.25) is 0 Å². The summed E-state index contributed by atoms with van der Waals surface area (Å²) in [7, 11) is 4.30. The average molecular weight is 1130 g/mol. The molecule has 3 fully saturated rings. The topological polar surface area (TPSA) is 288 Å². The lowest BCUT2D eigenvalue weighted by Gasteiger charge is -2.36. The van der Waals surface area contributed by atoms with Crippen molar-refractivity contribution in [3.8, 4) is 5.75 Å². The highest BCUT2D eigenvalue weighted by atomic mass is 16.6. The van der Waals surface area contributed by atoms with Crippen molar-refractivity contribution in [3.05, 3.63) is 29.8 Å². The Kier molecular flexibility index (Phi) is 24.9. The zero-order valence-electron chi connectivity index (χ0n) is 49.5. The molecule has 0 bridgehead atoms. The van der Waals surface area contributed by atoms with Crippen molar-refractivity contribution >= 4 is 59.1 Å². The second-order valence-corrected chi connectivity index (χ2v) is 23.1. The molecule has 22 heteroatoms. The fourth-order valence-corrected chi connectivity index (χ4v) is 10.7. The first-order valence-corrected chi connectivity index (χ1v) is 28.6. The number of rotatable bonds is 16. The molecule has 3 saturated heterocycles. The highest BCUT2D eigenvalue weighted by molar-refractivity contribution is 6.05. The SMILES string of the molecule is CC[C@@H](C)[C@@H]1OC(=O)C[C@H](O)[C@@H]([C@@H](C)CC)NC(=O)[C@@H](NC(=O)[C@@H](CC(C)C)N(C)C(=O)[C@@H]2CCCN2C(=O)[C@H](C)O)[C@@H](C)OC(=O)[C@H](Cc2ccc(OC)cc2)N(C)C(=O)[C@@H]2CCCN2C(=O)[C@H](CC(C)C)NC(=O)[C@@H](C)C1=O. The van der Waals surface area contributed by atoms with E-state index in [0.29, 0.717) is 37.0 Å². The number of Topliss-reactive ketones (excluding diaryl/α,β-unsaturated/α-hetero) is 1. The highest BCUT2D eigenvalue weighted by Crippen LogP contribution is 2.28. The molecule has 448 valence electrons. The lowest BCUT2D eigenvalue weighted by atomic mass is 9.90. The Balaban J connectivity index is 1.90. The van der Waals surface area contributed by atoms with Gasteiger partial charge >= 0.3 is 11.9 Å². The van der Waals surface area contributed by atoms with Gasteiger partial charge in [-0.2, -0.15) is 0 Å². The average Bonchev–Trinajstić information content (AvgIpc) is 4.18. The summed E-state index contributed by atoms with van der Waals surface area (Å²) in [6, 6.07) is -2.18. The number of nitrogens with one attached hydrogen (secondary N) is 3. The van der Waals surface area contributed by atoms with E-state index in [0.717, 1.165) is 0 Å². The summed E-state index contributed by atoms with van der Waals surface area (Å²) in [6.45, 7) is 18.7. The lowest BCUT2D eigenvalue weighted by Crippen LogP contribution is -2.62. The molecule has 0 aromatic heterocycles. The number of amides is 7. The van der Waals surface area contributed by atoms with E-state index in [1.165, 1.54) is 61.6 Å². The van der Waals surface area contributed by atoms with Crippen molar-refractivity contribution in [1.82, 2.24) is 35.6 Å². The number of fused-ring (bicyclic) bond motifs is 1. The molecular weight excluding hydrogens is 1030 g/mol. The summed E-state index contributed by atoms with van der Waals surface area (Å²) >= 11 is 0. The molecule has 0 spiro atoms. The first-order chi connectivity index (χ1) is 37.6. The van der Waals surface area contributed by atoms with Crippen LogP contribution in [0.3, 0.4) is 0 Å². The predicted molar refractivity (Wildman–Crippen MR) is 295 cm³/mol. The Morgan fingerprint density at radius 1 is 0.838 bits per heavy atom. The van der Waals surface area contributed by atoms with Gasteiger partial charge in [-0.1, -0.05) is 73.9 Å². The predicted octanol–water partition coefficient (Wildman–Crippen LogP) is 2.71. The van der Waals surface area contributed by atoms with Crippen molar-refractivity contribution in [2.24, 2.45) is 29.6 Å². The van der Waals surface area contributed by atoms with E-state index in [2.05, 4.69) is 16.0 Å². The fraction of sp³-hybridized carbons (Fsp3) is 0.724. The minimum absolute atomic E-state index is 0.0723. The van der Waals surface area contributed by atoms with Crippen molar-refractivity contribution < 1.29 is 72.4 Å². The van der Waals surface area contributed by atoms with Gasteiger partial charge in [-0.05, 0) is 101 Å². The largest absolute Gasteiger partial charge is 0.497 e. The minimum Gasteiger partial charge on any atom is -0.497 e. The van der Waals surface area contributed by atoms with Crippen LogP contribution in [0.5, 0.6) is 5.75 Å². The summed E-state index contributed by atoms with van der Waals surface area (Å²) in [5.41, 5.74) is 0.572. The summed E-state index contributed by atoms with van der Waals surface area (Å²) in [6.07, 6.45) is -4.63. The normalized spacial score (nSPS) is 27.8. The summed E-state index contributed by atoms with van der Waals surface area (Å²) in [5.74, 6) is -10.2. The molecule has 1 aromatic rings. The van der Waals surface area contributed by atoms with Crippen LogP contribution < -0.4 is 20.7 Å². The van der Waals surface area contributed by atoms with Gasteiger partial charge in [0.25, 0.3) is 5.91 Å². The molecular formula is C58H91N7O15. The zero-order valence-corrected chi connectivity index (χ0v) is 49.5. The van der Waals surface area contributed by atoms with Crippen LogP contribution in [0.4, 0.5) is 0 Å². The highest BCUT2D eigenvalue weighted by Gasteiger charge is 2.46. The van der Waals surface area contributed by atoms with E-state index < -0.39 is 150 Å². The molecule has 0 saturated carbocycles. The second-order valence-electron chi connectivity index (χ2n) is 23.1. The lowest BCUT2D eigenvalue weighted by molar-refractivity contribution is -0.163. The summed E-state index contributed by atoms with van der Waals surface area (Å²) in [5, 5.41) is 30.3. The van der Waals surface area contributed by atoms with E-state index in [1.807, 2.05) is 27.7 Å². The Labute approximate surface area is 472 Å². The van der Waals surface area contributed by atoms with Crippen LogP contribution in [-0.4, -0.2) is 190 Å². The van der Waals surface area contributed by atoms with Gasteiger partial charge in [0, 0.05) is 39.5 Å². The summed E-state index contributed by atoms with van der Waals surface area (Å²) < 4.78 is 17.3. The number of nitrogens with zero attached hydrogens (tertiary/aromatic N) is 4. The number of ether oxygens (including phenoxy) is 3. The van der Waals surface area contributed by atoms with Gasteiger partial charge in [0.2, 0.25) is 35.4 Å². The maximum Gasteiger partial charge on any atom is 0.329 e. The quantitative estimate of drug-likeness (QED) is 0.118. The molecule has 22 nitrogen and oxygen atoms in total. The third kappa shape index (κ3) is 17.0. The fourth-order valence-electron chi connectivity index (χ4n) is 10.7. The van der Waals surface area contributed by atoms with Crippen molar-refractivity contribution in [1.29, 1.82) is 0 Å². The number of cyclic esters (lactones) is 2. The number of benzene rings is 1. The van der Waals surface area contributed by atoms with Crippen LogP contribution in [0.1, 0.15) is 140 Å². The number of hydrogen-bond acceptors (Lipinski definition) is 15. The number of likely N-dealkylation sites (N-methyl/N-ethyl adjacent to an activating group) is 2. The van der Waals surface area contributed by atoms with E-state index in [1.54, 1.807) is 52.0 Å². The molecule has 3 heterocycles. The molecule has 1 aromatic carbocycles. The smallest absolute Gasteiger partial charge is 0.329 e. The first kappa shape index (κ1) is 66.4. The number of ketones is 1. The van der Waals surface area contributed by atoms with Crippen LogP contribution in [-0.2, 0) is 63.8 Å². The molecule has 0 radical (unpaired) electrons.